The third kappa shape index (κ3) is 3.86. The van der Waals surface area contributed by atoms with Crippen LogP contribution >= 0.6 is 11.6 Å². The van der Waals surface area contributed by atoms with Crippen LogP contribution in [-0.2, 0) is 9.53 Å². The summed E-state index contributed by atoms with van der Waals surface area (Å²) in [5.41, 5.74) is 1.25. The second-order valence-electron chi connectivity index (χ2n) is 7.22. The Hall–Kier alpha value is -2.05. The van der Waals surface area contributed by atoms with Gasteiger partial charge in [0.15, 0.2) is 0 Å². The van der Waals surface area contributed by atoms with Gasteiger partial charge in [0.2, 0.25) is 5.91 Å². The molecule has 0 radical (unpaired) electrons. The van der Waals surface area contributed by atoms with Gasteiger partial charge in [0.05, 0.1) is 24.4 Å². The lowest BCUT2D eigenvalue weighted by molar-refractivity contribution is -0.117. The van der Waals surface area contributed by atoms with Crippen LogP contribution in [0.25, 0.3) is 10.9 Å². The number of nitrogens with one attached hydrogen (secondary N) is 2. The number of nitrogens with zero attached hydrogens (tertiary/aromatic N) is 1. The molecule has 1 aromatic carbocycles. The van der Waals surface area contributed by atoms with E-state index in [1.165, 1.54) is 13.5 Å². The molecule has 0 saturated carbocycles. The van der Waals surface area contributed by atoms with Crippen LogP contribution in [0.3, 0.4) is 0 Å². The number of piperidine rings is 1. The lowest BCUT2D eigenvalue weighted by Crippen LogP contribution is -2.42. The Bertz CT molecular complexity index is 823. The van der Waals surface area contributed by atoms with Crippen LogP contribution in [0.1, 0.15) is 30.8 Å². The zero-order valence-electron chi connectivity index (χ0n) is 15.3. The summed E-state index contributed by atoms with van der Waals surface area (Å²) < 4.78 is 4.83. The normalized spacial score (nSPS) is 20.9. The van der Waals surface area contributed by atoms with Crippen molar-refractivity contribution in [2.24, 2.45) is 11.8 Å². The molecule has 0 bridgehead atoms. The van der Waals surface area contributed by atoms with Crippen LogP contribution in [0.2, 0.25) is 5.02 Å². The predicted molar refractivity (Wildman–Crippen MR) is 103 cm³/mol. The predicted octanol–water partition coefficient (Wildman–Crippen LogP) is 3.52. The molecule has 1 aliphatic rings. The van der Waals surface area contributed by atoms with E-state index in [9.17, 15) is 9.59 Å². The summed E-state index contributed by atoms with van der Waals surface area (Å²) >= 11 is 6.30. The molecule has 1 saturated heterocycles. The molecule has 2 heterocycles. The number of carbonyl (C=O) groups excluding carboxylic acids is 2. The summed E-state index contributed by atoms with van der Waals surface area (Å²) in [6.45, 7) is 6.49. The summed E-state index contributed by atoms with van der Waals surface area (Å²) in [7, 11) is 1.30. The fourth-order valence-corrected chi connectivity index (χ4v) is 4.16. The molecule has 26 heavy (non-hydrogen) atoms. The first-order chi connectivity index (χ1) is 12.4. The molecule has 2 aromatic rings. The highest BCUT2D eigenvalue weighted by Crippen LogP contribution is 2.34. The largest absolute Gasteiger partial charge is 0.464 e. The number of aromatic nitrogens is 1. The van der Waals surface area contributed by atoms with E-state index in [2.05, 4.69) is 29.0 Å². The first kappa shape index (κ1) is 18.7. The monoisotopic (exact) mass is 377 g/mol. The van der Waals surface area contributed by atoms with Crippen LogP contribution in [0, 0.1) is 11.8 Å². The van der Waals surface area contributed by atoms with Gasteiger partial charge in [-0.05, 0) is 30.4 Å². The van der Waals surface area contributed by atoms with E-state index in [0.29, 0.717) is 33.4 Å². The Morgan fingerprint density at radius 3 is 2.65 bits per heavy atom. The fraction of sp³-hybridized carbons (Fsp3) is 0.474. The van der Waals surface area contributed by atoms with Gasteiger partial charge < -0.3 is 15.0 Å². The number of anilines is 1. The van der Waals surface area contributed by atoms with E-state index in [-0.39, 0.29) is 18.1 Å². The van der Waals surface area contributed by atoms with Crippen molar-refractivity contribution in [1.29, 1.82) is 0 Å². The fourth-order valence-electron chi connectivity index (χ4n) is 3.89. The quantitative estimate of drug-likeness (QED) is 0.799. The number of benzene rings is 1. The molecule has 0 aliphatic carbocycles. The van der Waals surface area contributed by atoms with Gasteiger partial charge in [-0.15, -0.1) is 0 Å². The third-order valence-corrected chi connectivity index (χ3v) is 5.05. The third-order valence-electron chi connectivity index (χ3n) is 4.74. The summed E-state index contributed by atoms with van der Waals surface area (Å²) in [5.74, 6) is 0.421. The number of hydrogen-bond acceptors (Lipinski definition) is 4. The van der Waals surface area contributed by atoms with Crippen LogP contribution < -0.4 is 5.32 Å². The van der Waals surface area contributed by atoms with Crippen molar-refractivity contribution >= 4 is 40.1 Å². The standard InChI is InChI=1S/C19H24ClN3O3/c1-11-7-12(2)9-23(8-11)10-15(24)22-17-16-13(20)5-4-6-14(16)21-18(17)19(25)26-3/h4-6,11-12,21H,7-10H2,1-3H3,(H,22,24). The highest BCUT2D eigenvalue weighted by molar-refractivity contribution is 6.37. The number of halogens is 1. The Labute approximate surface area is 157 Å². The number of esters is 1. The summed E-state index contributed by atoms with van der Waals surface area (Å²) in [5, 5.41) is 3.95. The first-order valence-corrected chi connectivity index (χ1v) is 9.17. The maximum Gasteiger partial charge on any atom is 0.356 e. The van der Waals surface area contributed by atoms with Gasteiger partial charge in [-0.25, -0.2) is 4.79 Å². The van der Waals surface area contributed by atoms with Crippen molar-refractivity contribution in [3.8, 4) is 0 Å². The maximum atomic E-state index is 12.6. The van der Waals surface area contributed by atoms with E-state index >= 15 is 0 Å². The van der Waals surface area contributed by atoms with Gasteiger partial charge in [0, 0.05) is 24.0 Å². The van der Waals surface area contributed by atoms with Crippen LogP contribution in [0.15, 0.2) is 18.2 Å². The minimum absolute atomic E-state index is 0.169. The van der Waals surface area contributed by atoms with E-state index in [1.807, 2.05) is 0 Å². The molecular weight excluding hydrogens is 354 g/mol. The van der Waals surface area contributed by atoms with Crippen molar-refractivity contribution in [3.05, 3.63) is 28.9 Å². The van der Waals surface area contributed by atoms with Crippen LogP contribution in [0.5, 0.6) is 0 Å². The van der Waals surface area contributed by atoms with E-state index in [4.69, 9.17) is 16.3 Å². The van der Waals surface area contributed by atoms with Gasteiger partial charge in [-0.2, -0.15) is 0 Å². The zero-order chi connectivity index (χ0) is 18.8. The molecule has 3 rings (SSSR count). The summed E-state index contributed by atoms with van der Waals surface area (Å²) in [4.78, 5) is 29.9. The zero-order valence-corrected chi connectivity index (χ0v) is 16.0. The van der Waals surface area contributed by atoms with Crippen LogP contribution in [-0.4, -0.2) is 48.5 Å². The Morgan fingerprint density at radius 2 is 2.00 bits per heavy atom. The topological polar surface area (TPSA) is 74.4 Å². The highest BCUT2D eigenvalue weighted by Gasteiger charge is 2.25. The number of likely N-dealkylation sites (tertiary alicyclic amines) is 1. The lowest BCUT2D eigenvalue weighted by atomic mass is 9.92. The van der Waals surface area contributed by atoms with E-state index in [1.54, 1.807) is 18.2 Å². The minimum atomic E-state index is -0.548. The molecule has 140 valence electrons. The second-order valence-corrected chi connectivity index (χ2v) is 7.62. The Balaban J connectivity index is 1.85. The van der Waals surface area contributed by atoms with Crippen molar-refractivity contribution in [3.63, 3.8) is 0 Å². The molecule has 1 amide bonds. The molecule has 2 unspecified atom stereocenters. The molecule has 0 spiro atoms. The molecule has 7 heteroatoms. The van der Waals surface area contributed by atoms with Crippen LogP contribution in [0.4, 0.5) is 5.69 Å². The highest BCUT2D eigenvalue weighted by atomic mass is 35.5. The number of ether oxygens (including phenoxy) is 1. The van der Waals surface area contributed by atoms with Gasteiger partial charge in [0.1, 0.15) is 5.69 Å². The molecular formula is C19H24ClN3O3. The second kappa shape index (κ2) is 7.68. The van der Waals surface area contributed by atoms with E-state index in [0.717, 1.165) is 13.1 Å². The van der Waals surface area contributed by atoms with Crippen molar-refractivity contribution in [1.82, 2.24) is 9.88 Å². The van der Waals surface area contributed by atoms with Gasteiger partial charge in [-0.3, -0.25) is 9.69 Å². The molecule has 1 aliphatic heterocycles. The molecule has 1 fully saturated rings. The lowest BCUT2D eigenvalue weighted by Gasteiger charge is -2.34. The summed E-state index contributed by atoms with van der Waals surface area (Å²) in [6, 6.07) is 5.31. The molecule has 2 N–H and O–H groups in total. The average Bonchev–Trinajstić information content (AvgIpc) is 2.92. The van der Waals surface area contributed by atoms with Gasteiger partial charge >= 0.3 is 5.97 Å². The van der Waals surface area contributed by atoms with Crippen molar-refractivity contribution in [2.45, 2.75) is 20.3 Å². The number of fused-ring (bicyclic) bond motifs is 1. The molecule has 1 aromatic heterocycles. The number of hydrogen-bond donors (Lipinski definition) is 2. The number of carbonyl (C=O) groups is 2. The average molecular weight is 378 g/mol. The minimum Gasteiger partial charge on any atom is -0.464 e. The Morgan fingerprint density at radius 1 is 1.31 bits per heavy atom. The maximum absolute atomic E-state index is 12.6. The number of H-pyrrole nitrogens is 1. The Kier molecular flexibility index (Phi) is 5.53. The SMILES string of the molecule is COC(=O)c1[nH]c2cccc(Cl)c2c1NC(=O)CN1CC(C)CC(C)C1. The number of amides is 1. The van der Waals surface area contributed by atoms with E-state index < -0.39 is 5.97 Å². The van der Waals surface area contributed by atoms with Gasteiger partial charge in [0.25, 0.3) is 0 Å². The number of rotatable bonds is 4. The van der Waals surface area contributed by atoms with Crippen molar-refractivity contribution in [2.75, 3.05) is 32.1 Å². The van der Waals surface area contributed by atoms with Crippen molar-refractivity contribution < 1.29 is 14.3 Å². The number of aromatic amines is 1. The molecule has 2 atom stereocenters. The summed E-state index contributed by atoms with van der Waals surface area (Å²) in [6.07, 6.45) is 1.18. The first-order valence-electron chi connectivity index (χ1n) is 8.79. The van der Waals surface area contributed by atoms with Gasteiger partial charge in [-0.1, -0.05) is 31.5 Å². The smallest absolute Gasteiger partial charge is 0.356 e. The number of methoxy groups -OCH3 is 1. The molecule has 6 nitrogen and oxygen atoms in total.